The molecule has 2 fully saturated rings. The molecule has 0 amide bonds. The average Bonchev–Trinajstić information content (AvgIpc) is 2.84. The largest absolute Gasteiger partial charge is 0.317 e. The molecule has 1 saturated heterocycles. The molecule has 1 aliphatic heterocycles. The first-order valence-corrected chi connectivity index (χ1v) is 7.17. The van der Waals surface area contributed by atoms with Crippen LogP contribution in [0.25, 0.3) is 0 Å². The molecule has 16 heavy (non-hydrogen) atoms. The van der Waals surface area contributed by atoms with Gasteiger partial charge >= 0.3 is 0 Å². The first-order chi connectivity index (χ1) is 7.76. The van der Waals surface area contributed by atoms with Crippen molar-refractivity contribution in [3.8, 4) is 0 Å². The van der Waals surface area contributed by atoms with Gasteiger partial charge in [0.05, 0.1) is 0 Å². The van der Waals surface area contributed by atoms with E-state index in [4.69, 9.17) is 0 Å². The van der Waals surface area contributed by atoms with Crippen molar-refractivity contribution in [2.24, 2.45) is 5.41 Å². The zero-order chi connectivity index (χ0) is 11.4. The second kappa shape index (κ2) is 5.50. The highest BCUT2D eigenvalue weighted by Gasteiger charge is 2.33. The van der Waals surface area contributed by atoms with Crippen molar-refractivity contribution < 1.29 is 0 Å². The third-order valence-corrected chi connectivity index (χ3v) is 4.95. The molecule has 0 aromatic rings. The highest BCUT2D eigenvalue weighted by molar-refractivity contribution is 4.88. The first kappa shape index (κ1) is 12.4. The van der Waals surface area contributed by atoms with Gasteiger partial charge in [-0.25, -0.2) is 0 Å². The number of piperidine rings is 1. The van der Waals surface area contributed by atoms with Gasteiger partial charge in [-0.2, -0.15) is 0 Å². The van der Waals surface area contributed by atoms with Gasteiger partial charge in [0.2, 0.25) is 0 Å². The monoisotopic (exact) mass is 224 g/mol. The van der Waals surface area contributed by atoms with E-state index in [9.17, 15) is 0 Å². The minimum absolute atomic E-state index is 0.614. The summed E-state index contributed by atoms with van der Waals surface area (Å²) < 4.78 is 0. The molecule has 1 aliphatic carbocycles. The van der Waals surface area contributed by atoms with Gasteiger partial charge in [0, 0.05) is 12.6 Å². The van der Waals surface area contributed by atoms with Crippen LogP contribution in [0.15, 0.2) is 0 Å². The van der Waals surface area contributed by atoms with E-state index in [2.05, 4.69) is 24.2 Å². The Morgan fingerprint density at radius 2 is 1.81 bits per heavy atom. The van der Waals surface area contributed by atoms with Gasteiger partial charge in [-0.15, -0.1) is 0 Å². The normalized spacial score (nSPS) is 26.4. The van der Waals surface area contributed by atoms with Crippen molar-refractivity contribution >= 4 is 0 Å². The zero-order valence-electron chi connectivity index (χ0n) is 11.1. The molecule has 2 heteroatoms. The Bertz CT molecular complexity index is 203. The van der Waals surface area contributed by atoms with E-state index < -0.39 is 0 Å². The van der Waals surface area contributed by atoms with Crippen molar-refractivity contribution in [2.75, 3.05) is 26.7 Å². The van der Waals surface area contributed by atoms with Crippen molar-refractivity contribution in [1.82, 2.24) is 10.2 Å². The van der Waals surface area contributed by atoms with Gasteiger partial charge in [-0.05, 0) is 57.7 Å². The standard InChI is InChI=1S/C14H28N2/c1-3-14(8-10-15-11-9-14)12-16(2)13-6-4-5-7-13/h13,15H,3-12H2,1-2H3. The number of hydrogen-bond donors (Lipinski definition) is 1. The summed E-state index contributed by atoms with van der Waals surface area (Å²) in [4.78, 5) is 2.67. The summed E-state index contributed by atoms with van der Waals surface area (Å²) in [6.45, 7) is 6.17. The number of nitrogens with one attached hydrogen (secondary N) is 1. The maximum Gasteiger partial charge on any atom is 0.00924 e. The van der Waals surface area contributed by atoms with Crippen LogP contribution in [0.4, 0.5) is 0 Å². The third kappa shape index (κ3) is 2.78. The second-order valence-corrected chi connectivity index (χ2v) is 5.96. The quantitative estimate of drug-likeness (QED) is 0.790. The summed E-state index contributed by atoms with van der Waals surface area (Å²) in [6, 6.07) is 0.887. The van der Waals surface area contributed by atoms with Crippen LogP contribution in [0, 0.1) is 5.41 Å². The van der Waals surface area contributed by atoms with Crippen LogP contribution in [0.3, 0.4) is 0 Å². The lowest BCUT2D eigenvalue weighted by Crippen LogP contribution is -2.45. The van der Waals surface area contributed by atoms with E-state index in [-0.39, 0.29) is 0 Å². The van der Waals surface area contributed by atoms with Gasteiger partial charge in [0.25, 0.3) is 0 Å². The number of nitrogens with zero attached hydrogens (tertiary/aromatic N) is 1. The maximum absolute atomic E-state index is 3.50. The van der Waals surface area contributed by atoms with Crippen molar-refractivity contribution in [1.29, 1.82) is 0 Å². The van der Waals surface area contributed by atoms with Crippen molar-refractivity contribution in [2.45, 2.75) is 57.9 Å². The minimum atomic E-state index is 0.614. The molecule has 1 saturated carbocycles. The fourth-order valence-corrected chi connectivity index (χ4v) is 3.58. The predicted molar refractivity (Wildman–Crippen MR) is 69.7 cm³/mol. The Morgan fingerprint density at radius 3 is 2.38 bits per heavy atom. The molecule has 0 aromatic heterocycles. The lowest BCUT2D eigenvalue weighted by molar-refractivity contribution is 0.0978. The molecule has 1 N–H and O–H groups in total. The van der Waals surface area contributed by atoms with Crippen LogP contribution < -0.4 is 5.32 Å². The summed E-state index contributed by atoms with van der Waals surface area (Å²) in [6.07, 6.45) is 9.89. The Balaban J connectivity index is 1.89. The average molecular weight is 224 g/mol. The molecule has 0 bridgehead atoms. The highest BCUT2D eigenvalue weighted by atomic mass is 15.1. The fourth-order valence-electron chi connectivity index (χ4n) is 3.58. The van der Waals surface area contributed by atoms with Crippen LogP contribution in [0.2, 0.25) is 0 Å². The van der Waals surface area contributed by atoms with Gasteiger partial charge in [-0.3, -0.25) is 0 Å². The fraction of sp³-hybridized carbons (Fsp3) is 1.00. The molecule has 94 valence electrons. The smallest absolute Gasteiger partial charge is 0.00924 e. The van der Waals surface area contributed by atoms with Crippen LogP contribution in [-0.4, -0.2) is 37.6 Å². The molecule has 1 heterocycles. The molecule has 2 aliphatic rings. The summed E-state index contributed by atoms with van der Waals surface area (Å²) in [5.41, 5.74) is 0.614. The van der Waals surface area contributed by atoms with Crippen molar-refractivity contribution in [3.05, 3.63) is 0 Å². The van der Waals surface area contributed by atoms with Crippen LogP contribution in [0.5, 0.6) is 0 Å². The summed E-state index contributed by atoms with van der Waals surface area (Å²) >= 11 is 0. The van der Waals surface area contributed by atoms with Crippen LogP contribution in [-0.2, 0) is 0 Å². The van der Waals surface area contributed by atoms with E-state index in [1.54, 1.807) is 0 Å². The third-order valence-electron chi connectivity index (χ3n) is 4.95. The maximum atomic E-state index is 3.50. The Labute approximate surface area is 101 Å². The van der Waals surface area contributed by atoms with Crippen molar-refractivity contribution in [3.63, 3.8) is 0 Å². The predicted octanol–water partition coefficient (Wildman–Crippen LogP) is 2.64. The molecule has 2 rings (SSSR count). The number of hydrogen-bond acceptors (Lipinski definition) is 2. The van der Waals surface area contributed by atoms with E-state index in [0.717, 1.165) is 6.04 Å². The van der Waals surface area contributed by atoms with Gasteiger partial charge in [-0.1, -0.05) is 19.8 Å². The molecular formula is C14H28N2. The highest BCUT2D eigenvalue weighted by Crippen LogP contribution is 2.35. The number of rotatable bonds is 4. The summed E-state index contributed by atoms with van der Waals surface area (Å²) in [7, 11) is 2.36. The Morgan fingerprint density at radius 1 is 1.19 bits per heavy atom. The second-order valence-electron chi connectivity index (χ2n) is 5.96. The SMILES string of the molecule is CCC1(CN(C)C2CCCC2)CCNCC1. The van der Waals surface area contributed by atoms with E-state index in [1.165, 1.54) is 64.6 Å². The molecule has 0 spiro atoms. The van der Waals surface area contributed by atoms with Crippen LogP contribution >= 0.6 is 0 Å². The molecule has 0 unspecified atom stereocenters. The van der Waals surface area contributed by atoms with Gasteiger partial charge in [0.1, 0.15) is 0 Å². The van der Waals surface area contributed by atoms with Gasteiger partial charge < -0.3 is 10.2 Å². The Kier molecular flexibility index (Phi) is 4.26. The van der Waals surface area contributed by atoms with E-state index in [0.29, 0.717) is 5.41 Å². The van der Waals surface area contributed by atoms with Gasteiger partial charge in [0.15, 0.2) is 0 Å². The minimum Gasteiger partial charge on any atom is -0.317 e. The summed E-state index contributed by atoms with van der Waals surface area (Å²) in [5.74, 6) is 0. The Hall–Kier alpha value is -0.0800. The molecule has 0 aromatic carbocycles. The lowest BCUT2D eigenvalue weighted by atomic mass is 9.76. The molecule has 2 nitrogen and oxygen atoms in total. The zero-order valence-corrected chi connectivity index (χ0v) is 11.1. The van der Waals surface area contributed by atoms with E-state index in [1.807, 2.05) is 0 Å². The van der Waals surface area contributed by atoms with E-state index >= 15 is 0 Å². The molecular weight excluding hydrogens is 196 g/mol. The molecule has 0 atom stereocenters. The molecule has 0 radical (unpaired) electrons. The first-order valence-electron chi connectivity index (χ1n) is 7.17. The lowest BCUT2D eigenvalue weighted by Gasteiger charge is -2.41. The van der Waals surface area contributed by atoms with Crippen LogP contribution in [0.1, 0.15) is 51.9 Å². The summed E-state index contributed by atoms with van der Waals surface area (Å²) in [5, 5.41) is 3.50. The topological polar surface area (TPSA) is 15.3 Å².